The van der Waals surface area contributed by atoms with Crippen molar-refractivity contribution in [1.82, 2.24) is 0 Å². The highest BCUT2D eigenvalue weighted by atomic mass is 16.6. The summed E-state index contributed by atoms with van der Waals surface area (Å²) in [5, 5.41) is 14.3. The number of nitro benzene ring substituents is 1. The molecule has 1 heterocycles. The Kier molecular flexibility index (Phi) is 5.25. The number of nitrogens with zero attached hydrogens (tertiary/aromatic N) is 1. The Morgan fingerprint density at radius 1 is 1.21 bits per heavy atom. The number of anilines is 1. The molecule has 0 aliphatic heterocycles. The van der Waals surface area contributed by atoms with Crippen molar-refractivity contribution in [2.24, 2.45) is 0 Å². The molecule has 144 valence electrons. The molecule has 3 aromatic rings. The summed E-state index contributed by atoms with van der Waals surface area (Å²) in [6.45, 7) is 0.828. The molecule has 0 saturated heterocycles. The molecule has 0 fully saturated rings. The molecule has 9 heteroatoms. The lowest BCUT2D eigenvalue weighted by Crippen LogP contribution is -2.21. The summed E-state index contributed by atoms with van der Waals surface area (Å²) in [5.41, 5.74) is 0.362. The van der Waals surface area contributed by atoms with Gasteiger partial charge in [-0.2, -0.15) is 0 Å². The Bertz CT molecular complexity index is 1070. The first-order valence-corrected chi connectivity index (χ1v) is 8.18. The number of carbonyl (C=O) groups excluding carboxylic acids is 2. The van der Waals surface area contributed by atoms with Gasteiger partial charge in [0.1, 0.15) is 11.3 Å². The van der Waals surface area contributed by atoms with Gasteiger partial charge in [-0.1, -0.05) is 12.1 Å². The van der Waals surface area contributed by atoms with Crippen molar-refractivity contribution in [2.45, 2.75) is 6.92 Å². The Morgan fingerprint density at radius 2 is 1.96 bits per heavy atom. The molecule has 0 unspecified atom stereocenters. The van der Waals surface area contributed by atoms with Crippen molar-refractivity contribution in [2.75, 3.05) is 19.0 Å². The van der Waals surface area contributed by atoms with Gasteiger partial charge < -0.3 is 19.2 Å². The number of hydrogen-bond donors (Lipinski definition) is 1. The smallest absolute Gasteiger partial charge is 0.314 e. The fraction of sp³-hybridized carbons (Fsp3) is 0.158. The van der Waals surface area contributed by atoms with Gasteiger partial charge in [0.25, 0.3) is 5.91 Å². The summed E-state index contributed by atoms with van der Waals surface area (Å²) in [4.78, 5) is 34.7. The number of fused-ring (bicyclic) bond motifs is 1. The van der Waals surface area contributed by atoms with Crippen LogP contribution < -0.4 is 14.8 Å². The molecule has 1 amide bonds. The zero-order valence-corrected chi connectivity index (χ0v) is 15.1. The first-order chi connectivity index (χ1) is 13.4. The van der Waals surface area contributed by atoms with E-state index in [1.165, 1.54) is 32.2 Å². The highest BCUT2D eigenvalue weighted by Crippen LogP contribution is 2.32. The number of rotatable bonds is 7. The number of Topliss-reactive ketones (excluding diaryl/α,β-unsaturated/α-hetero) is 1. The molecule has 0 radical (unpaired) electrons. The largest absolute Gasteiger partial charge is 0.496 e. The van der Waals surface area contributed by atoms with Crippen LogP contribution in [0.4, 0.5) is 11.4 Å². The van der Waals surface area contributed by atoms with E-state index in [9.17, 15) is 19.7 Å². The van der Waals surface area contributed by atoms with E-state index in [-0.39, 0.29) is 28.7 Å². The highest BCUT2D eigenvalue weighted by Gasteiger charge is 2.21. The molecule has 0 bridgehead atoms. The van der Waals surface area contributed by atoms with Crippen molar-refractivity contribution in [3.05, 3.63) is 58.3 Å². The Labute approximate surface area is 159 Å². The maximum Gasteiger partial charge on any atom is 0.314 e. The topological polar surface area (TPSA) is 121 Å². The van der Waals surface area contributed by atoms with E-state index in [2.05, 4.69) is 5.32 Å². The van der Waals surface area contributed by atoms with Crippen molar-refractivity contribution < 1.29 is 28.4 Å². The van der Waals surface area contributed by atoms with Crippen LogP contribution in [-0.4, -0.2) is 30.3 Å². The van der Waals surface area contributed by atoms with Gasteiger partial charge in [0.05, 0.1) is 23.8 Å². The maximum atomic E-state index is 12.3. The number of ketones is 1. The van der Waals surface area contributed by atoms with Crippen molar-refractivity contribution in [3.63, 3.8) is 0 Å². The normalized spacial score (nSPS) is 10.5. The van der Waals surface area contributed by atoms with E-state index in [0.717, 1.165) is 0 Å². The number of amides is 1. The fourth-order valence-corrected chi connectivity index (χ4v) is 2.63. The van der Waals surface area contributed by atoms with Crippen LogP contribution in [0, 0.1) is 10.1 Å². The van der Waals surface area contributed by atoms with Crippen LogP contribution in [0.3, 0.4) is 0 Å². The second-order valence-corrected chi connectivity index (χ2v) is 5.79. The van der Waals surface area contributed by atoms with E-state index in [4.69, 9.17) is 13.9 Å². The average molecular weight is 384 g/mol. The van der Waals surface area contributed by atoms with Crippen LogP contribution in [0.1, 0.15) is 17.5 Å². The van der Waals surface area contributed by atoms with Gasteiger partial charge in [-0.15, -0.1) is 0 Å². The van der Waals surface area contributed by atoms with Crippen LogP contribution in [0.25, 0.3) is 11.0 Å². The molecular formula is C19H16N2O7. The van der Waals surface area contributed by atoms with Gasteiger partial charge in [-0.05, 0) is 24.3 Å². The van der Waals surface area contributed by atoms with Gasteiger partial charge in [-0.3, -0.25) is 19.7 Å². The number of carbonyl (C=O) groups is 2. The predicted octanol–water partition coefficient (Wildman–Crippen LogP) is 3.57. The van der Waals surface area contributed by atoms with Crippen molar-refractivity contribution >= 4 is 34.0 Å². The van der Waals surface area contributed by atoms with E-state index in [1.807, 2.05) is 0 Å². The summed E-state index contributed by atoms with van der Waals surface area (Å²) >= 11 is 0. The quantitative estimate of drug-likeness (QED) is 0.375. The van der Waals surface area contributed by atoms with E-state index >= 15 is 0 Å². The number of hydrogen-bond acceptors (Lipinski definition) is 7. The summed E-state index contributed by atoms with van der Waals surface area (Å²) in [6, 6.07) is 10.9. The molecule has 1 aromatic heterocycles. The second kappa shape index (κ2) is 7.78. The van der Waals surface area contributed by atoms with Crippen LogP contribution in [0.2, 0.25) is 0 Å². The minimum Gasteiger partial charge on any atom is -0.496 e. The lowest BCUT2D eigenvalue weighted by molar-refractivity contribution is -0.385. The molecular weight excluding hydrogens is 368 g/mol. The molecule has 0 saturated carbocycles. The Hall–Kier alpha value is -3.88. The fourth-order valence-electron chi connectivity index (χ4n) is 2.63. The van der Waals surface area contributed by atoms with Gasteiger partial charge in [0.2, 0.25) is 0 Å². The number of methoxy groups -OCH3 is 1. The van der Waals surface area contributed by atoms with Gasteiger partial charge in [0, 0.05) is 12.3 Å². The molecule has 0 spiro atoms. The maximum absolute atomic E-state index is 12.3. The first kappa shape index (κ1) is 18.9. The lowest BCUT2D eigenvalue weighted by Gasteiger charge is -2.09. The zero-order valence-electron chi connectivity index (χ0n) is 15.1. The van der Waals surface area contributed by atoms with E-state index in [0.29, 0.717) is 16.7 Å². The number of nitro groups is 1. The van der Waals surface area contributed by atoms with E-state index in [1.54, 1.807) is 24.3 Å². The molecule has 0 atom stereocenters. The van der Waals surface area contributed by atoms with Crippen molar-refractivity contribution in [3.8, 4) is 11.5 Å². The van der Waals surface area contributed by atoms with Crippen molar-refractivity contribution in [1.29, 1.82) is 0 Å². The second-order valence-electron chi connectivity index (χ2n) is 5.79. The molecule has 3 rings (SSSR count). The molecule has 28 heavy (non-hydrogen) atoms. The number of ether oxygens (including phenoxy) is 2. The number of nitrogens with one attached hydrogen (secondary N) is 1. The van der Waals surface area contributed by atoms with Crippen LogP contribution >= 0.6 is 0 Å². The monoisotopic (exact) mass is 384 g/mol. The summed E-state index contributed by atoms with van der Waals surface area (Å²) in [7, 11) is 1.38. The average Bonchev–Trinajstić information content (AvgIpc) is 3.05. The summed E-state index contributed by atoms with van der Waals surface area (Å²) in [5.74, 6) is -0.716. The van der Waals surface area contributed by atoms with Gasteiger partial charge >= 0.3 is 5.69 Å². The van der Waals surface area contributed by atoms with Crippen LogP contribution in [0.5, 0.6) is 11.5 Å². The van der Waals surface area contributed by atoms with Crippen LogP contribution in [0.15, 0.2) is 46.9 Å². The highest BCUT2D eigenvalue weighted by molar-refractivity contribution is 6.11. The van der Waals surface area contributed by atoms with Crippen LogP contribution in [-0.2, 0) is 4.79 Å². The minimum absolute atomic E-state index is 0.0185. The Morgan fingerprint density at radius 3 is 2.64 bits per heavy atom. The third-order valence-corrected chi connectivity index (χ3v) is 3.90. The van der Waals surface area contributed by atoms with Gasteiger partial charge in [0.15, 0.2) is 23.9 Å². The molecule has 2 aromatic carbocycles. The SMILES string of the molecule is COc1ccc(OCC(=O)Nc2c(C(C)=O)oc3ccccc23)c([N+](=O)[O-])c1. The molecule has 0 aliphatic rings. The molecule has 9 nitrogen and oxygen atoms in total. The Balaban J connectivity index is 1.79. The number of furan rings is 1. The number of benzene rings is 2. The summed E-state index contributed by atoms with van der Waals surface area (Å²) in [6.07, 6.45) is 0. The van der Waals surface area contributed by atoms with Gasteiger partial charge in [-0.25, -0.2) is 0 Å². The molecule has 0 aliphatic carbocycles. The first-order valence-electron chi connectivity index (χ1n) is 8.18. The summed E-state index contributed by atoms with van der Waals surface area (Å²) < 4.78 is 15.7. The predicted molar refractivity (Wildman–Crippen MR) is 100.0 cm³/mol. The lowest BCUT2D eigenvalue weighted by atomic mass is 10.2. The van der Waals surface area contributed by atoms with E-state index < -0.39 is 17.4 Å². The third-order valence-electron chi connectivity index (χ3n) is 3.90. The number of para-hydroxylation sites is 1. The standard InChI is InChI=1S/C19H16N2O7/c1-11(22)19-18(13-5-3-4-6-15(13)28-19)20-17(23)10-27-16-8-7-12(26-2)9-14(16)21(24)25/h3-9H,10H2,1-2H3,(H,20,23). The third kappa shape index (κ3) is 3.78. The molecule has 1 N–H and O–H groups in total. The minimum atomic E-state index is -0.632. The zero-order chi connectivity index (χ0) is 20.3.